The molecule has 0 unspecified atom stereocenters. The quantitative estimate of drug-likeness (QED) is 0.654. The van der Waals surface area contributed by atoms with E-state index in [-0.39, 0.29) is 0 Å². The topological polar surface area (TPSA) is 15.3 Å². The van der Waals surface area contributed by atoms with Crippen LogP contribution in [0.15, 0.2) is 22.7 Å². The number of anilines is 1. The second-order valence-electron chi connectivity index (χ2n) is 6.03. The highest BCUT2D eigenvalue weighted by atomic mass is 79.9. The number of hydrogen-bond donors (Lipinski definition) is 1. The number of nitrogens with one attached hydrogen (secondary N) is 1. The Hall–Kier alpha value is -0.540. The van der Waals surface area contributed by atoms with Gasteiger partial charge < -0.3 is 10.2 Å². The predicted molar refractivity (Wildman–Crippen MR) is 98.1 cm³/mol. The molecule has 0 heterocycles. The van der Waals surface area contributed by atoms with Crippen LogP contribution in [0.4, 0.5) is 5.69 Å². The Morgan fingerprint density at radius 1 is 1.14 bits per heavy atom. The Morgan fingerprint density at radius 3 is 2.33 bits per heavy atom. The second kappa shape index (κ2) is 9.47. The van der Waals surface area contributed by atoms with Crippen molar-refractivity contribution in [3.8, 4) is 0 Å². The molecule has 0 aliphatic carbocycles. The van der Waals surface area contributed by atoms with Gasteiger partial charge in [-0.25, -0.2) is 0 Å². The molecule has 0 amide bonds. The van der Waals surface area contributed by atoms with Gasteiger partial charge in [0.05, 0.1) is 0 Å². The minimum Gasteiger partial charge on any atom is -0.371 e. The third kappa shape index (κ3) is 5.99. The van der Waals surface area contributed by atoms with Crippen molar-refractivity contribution in [1.29, 1.82) is 0 Å². The Bertz CT molecular complexity index is 414. The average Bonchev–Trinajstić information content (AvgIpc) is 2.47. The van der Waals surface area contributed by atoms with Gasteiger partial charge in [0.2, 0.25) is 0 Å². The van der Waals surface area contributed by atoms with Gasteiger partial charge >= 0.3 is 0 Å². The third-order valence-electron chi connectivity index (χ3n) is 4.10. The molecule has 0 radical (unpaired) electrons. The summed E-state index contributed by atoms with van der Waals surface area (Å²) in [5.74, 6) is 0.773. The Balaban J connectivity index is 2.97. The number of hydrogen-bond acceptors (Lipinski definition) is 2. The van der Waals surface area contributed by atoms with Crippen molar-refractivity contribution in [3.63, 3.8) is 0 Å². The molecule has 120 valence electrons. The largest absolute Gasteiger partial charge is 0.371 e. The summed E-state index contributed by atoms with van der Waals surface area (Å²) in [4.78, 5) is 2.53. The van der Waals surface area contributed by atoms with Gasteiger partial charge in [0.15, 0.2) is 0 Å². The van der Waals surface area contributed by atoms with E-state index in [4.69, 9.17) is 0 Å². The van der Waals surface area contributed by atoms with Gasteiger partial charge in [0, 0.05) is 35.8 Å². The molecule has 3 heteroatoms. The molecule has 1 rings (SSSR count). The highest BCUT2D eigenvalue weighted by Gasteiger charge is 2.14. The molecule has 0 fully saturated rings. The van der Waals surface area contributed by atoms with Gasteiger partial charge in [-0.05, 0) is 30.5 Å². The zero-order chi connectivity index (χ0) is 15.8. The van der Waals surface area contributed by atoms with Crippen LogP contribution in [0.3, 0.4) is 0 Å². The van der Waals surface area contributed by atoms with E-state index in [2.05, 4.69) is 79.0 Å². The molecule has 1 aromatic carbocycles. The van der Waals surface area contributed by atoms with Crippen molar-refractivity contribution in [1.82, 2.24) is 5.32 Å². The summed E-state index contributed by atoms with van der Waals surface area (Å²) in [7, 11) is 0. The molecule has 1 N–H and O–H groups in total. The molecule has 0 bridgehead atoms. The summed E-state index contributed by atoms with van der Waals surface area (Å²) in [5, 5.41) is 3.54. The molecule has 0 saturated heterocycles. The first kappa shape index (κ1) is 18.5. The van der Waals surface area contributed by atoms with Crippen LogP contribution in [0.5, 0.6) is 0 Å². The summed E-state index contributed by atoms with van der Waals surface area (Å²) in [6, 6.07) is 7.16. The molecule has 0 spiro atoms. The van der Waals surface area contributed by atoms with Gasteiger partial charge in [-0.3, -0.25) is 0 Å². The monoisotopic (exact) mass is 354 g/mol. The molecule has 21 heavy (non-hydrogen) atoms. The van der Waals surface area contributed by atoms with Crippen LogP contribution in [0.25, 0.3) is 0 Å². The lowest BCUT2D eigenvalue weighted by Gasteiger charge is -2.30. The maximum absolute atomic E-state index is 3.63. The van der Waals surface area contributed by atoms with Crippen molar-refractivity contribution >= 4 is 21.6 Å². The number of nitrogens with zero attached hydrogens (tertiary/aromatic N) is 1. The molecule has 0 aliphatic rings. The van der Waals surface area contributed by atoms with Crippen molar-refractivity contribution in [2.45, 2.75) is 60.0 Å². The molecular weight excluding hydrogens is 324 g/mol. The number of rotatable bonds is 9. The van der Waals surface area contributed by atoms with Crippen LogP contribution >= 0.6 is 15.9 Å². The maximum atomic E-state index is 3.63. The first-order valence-corrected chi connectivity index (χ1v) is 9.07. The van der Waals surface area contributed by atoms with Crippen LogP contribution in [0.2, 0.25) is 0 Å². The minimum absolute atomic E-state index is 0.510. The second-order valence-corrected chi connectivity index (χ2v) is 6.95. The smallest absolute Gasteiger partial charge is 0.0423 e. The van der Waals surface area contributed by atoms with Crippen molar-refractivity contribution in [3.05, 3.63) is 28.2 Å². The predicted octanol–water partition coefficient (Wildman–Crippen LogP) is 5.21. The van der Waals surface area contributed by atoms with Gasteiger partial charge in [-0.15, -0.1) is 0 Å². The summed E-state index contributed by atoms with van der Waals surface area (Å²) in [6.07, 6.45) is 2.50. The molecular formula is C18H31BrN2. The van der Waals surface area contributed by atoms with Crippen LogP contribution < -0.4 is 10.2 Å². The van der Waals surface area contributed by atoms with Crippen LogP contribution in [-0.4, -0.2) is 19.1 Å². The number of benzene rings is 1. The van der Waals surface area contributed by atoms with E-state index < -0.39 is 0 Å². The zero-order valence-corrected chi connectivity index (χ0v) is 15.8. The molecule has 1 aromatic rings. The van der Waals surface area contributed by atoms with Gasteiger partial charge in [-0.2, -0.15) is 0 Å². The van der Waals surface area contributed by atoms with Crippen LogP contribution in [0.1, 0.15) is 53.0 Å². The maximum Gasteiger partial charge on any atom is 0.0423 e. The highest BCUT2D eigenvalue weighted by molar-refractivity contribution is 9.10. The van der Waals surface area contributed by atoms with Crippen LogP contribution in [-0.2, 0) is 6.54 Å². The van der Waals surface area contributed by atoms with E-state index in [0.717, 1.165) is 30.0 Å². The van der Waals surface area contributed by atoms with Crippen molar-refractivity contribution in [2.24, 2.45) is 5.92 Å². The third-order valence-corrected chi connectivity index (χ3v) is 4.60. The highest BCUT2D eigenvalue weighted by Crippen LogP contribution is 2.27. The fourth-order valence-corrected chi connectivity index (χ4v) is 2.90. The summed E-state index contributed by atoms with van der Waals surface area (Å²) in [5.41, 5.74) is 2.76. The molecule has 0 saturated carbocycles. The lowest BCUT2D eigenvalue weighted by molar-refractivity contribution is 0.485. The first-order chi connectivity index (χ1) is 10.0. The summed E-state index contributed by atoms with van der Waals surface area (Å²) in [6.45, 7) is 14.4. The van der Waals surface area contributed by atoms with Gasteiger partial charge in [0.1, 0.15) is 0 Å². The normalized spacial score (nSPS) is 11.4. The fourth-order valence-electron chi connectivity index (χ4n) is 2.55. The van der Waals surface area contributed by atoms with E-state index in [0.29, 0.717) is 6.04 Å². The van der Waals surface area contributed by atoms with E-state index in [1.807, 2.05) is 0 Å². The summed E-state index contributed by atoms with van der Waals surface area (Å²) >= 11 is 3.63. The van der Waals surface area contributed by atoms with Gasteiger partial charge in [-0.1, -0.05) is 62.5 Å². The number of halogens is 1. The Morgan fingerprint density at radius 2 is 1.81 bits per heavy atom. The first-order valence-electron chi connectivity index (χ1n) is 8.28. The molecule has 2 nitrogen and oxygen atoms in total. The average molecular weight is 355 g/mol. The van der Waals surface area contributed by atoms with E-state index >= 15 is 0 Å². The minimum atomic E-state index is 0.510. The lowest BCUT2D eigenvalue weighted by Crippen LogP contribution is -2.31. The van der Waals surface area contributed by atoms with Crippen molar-refractivity contribution in [2.75, 3.05) is 18.0 Å². The fraction of sp³-hybridized carbons (Fsp3) is 0.667. The van der Waals surface area contributed by atoms with Crippen molar-refractivity contribution < 1.29 is 0 Å². The molecule has 0 aromatic heterocycles. The molecule has 0 aliphatic heterocycles. The Labute approximate surface area is 139 Å². The van der Waals surface area contributed by atoms with E-state index in [9.17, 15) is 0 Å². The lowest BCUT2D eigenvalue weighted by atomic mass is 10.0. The summed E-state index contributed by atoms with van der Waals surface area (Å²) < 4.78 is 1.16. The Kier molecular flexibility index (Phi) is 8.35. The standard InChI is InChI=1S/C18H31BrN2/c1-6-15(7-2)13-21(8-3)18-11-17(19)10-9-16(18)12-20-14(4)5/h9-11,14-15,20H,6-8,12-13H2,1-5H3. The van der Waals surface area contributed by atoms with Crippen LogP contribution in [0, 0.1) is 5.92 Å². The SMILES string of the molecule is CCC(CC)CN(CC)c1cc(Br)ccc1CNC(C)C. The molecule has 0 atom stereocenters. The zero-order valence-electron chi connectivity index (χ0n) is 14.2. The van der Waals surface area contributed by atoms with Gasteiger partial charge in [0.25, 0.3) is 0 Å². The van der Waals surface area contributed by atoms with E-state index in [1.165, 1.54) is 24.1 Å². The van der Waals surface area contributed by atoms with E-state index in [1.54, 1.807) is 0 Å².